The van der Waals surface area contributed by atoms with Gasteiger partial charge < -0.3 is 0 Å². The van der Waals surface area contributed by atoms with Crippen molar-refractivity contribution in [2.45, 2.75) is 19.9 Å². The summed E-state index contributed by atoms with van der Waals surface area (Å²) in [5.41, 5.74) is 4.72. The SMILES string of the molecule is CCO[P+](=O)NCc1ccc(Cc2ccc(-c3nc4cc(Cl)ccc4c(=O)n3C)cc2)cc1. The van der Waals surface area contributed by atoms with Crippen molar-refractivity contribution in [2.24, 2.45) is 7.05 Å². The molecule has 0 spiro atoms. The number of hydrogen-bond donors (Lipinski definition) is 1. The Hall–Kier alpha value is -2.89. The Morgan fingerprint density at radius 3 is 2.30 bits per heavy atom. The van der Waals surface area contributed by atoms with Crippen LogP contribution >= 0.6 is 19.8 Å². The standard InChI is InChI=1S/C25H24ClN3O3P/c1-3-32-33(31)27-16-19-6-4-17(5-7-19)14-18-8-10-20(11-9-18)24-28-23-15-21(26)12-13-22(23)25(30)29(24)2/h4-13,15H,3,14,16H2,1-2H3,(H,27,31)/q+1. The number of nitrogens with one attached hydrogen (secondary N) is 1. The van der Waals surface area contributed by atoms with Crippen LogP contribution in [0.15, 0.2) is 71.5 Å². The predicted octanol–water partition coefficient (Wildman–Crippen LogP) is 5.63. The first kappa shape index (κ1) is 23.3. The van der Waals surface area contributed by atoms with Gasteiger partial charge in [-0.05, 0) is 52.8 Å². The maximum absolute atomic E-state index is 12.7. The second kappa shape index (κ2) is 10.4. The lowest BCUT2D eigenvalue weighted by atomic mass is 10.0. The number of halogens is 1. The maximum Gasteiger partial charge on any atom is 0.613 e. The summed E-state index contributed by atoms with van der Waals surface area (Å²) in [5.74, 6) is 0.601. The lowest BCUT2D eigenvalue weighted by molar-refractivity contribution is 0.342. The average Bonchev–Trinajstić information content (AvgIpc) is 2.81. The van der Waals surface area contributed by atoms with E-state index in [1.54, 1.807) is 29.8 Å². The fraction of sp³-hybridized carbons (Fsp3) is 0.200. The van der Waals surface area contributed by atoms with Gasteiger partial charge in [0.05, 0.1) is 17.4 Å². The molecule has 0 aliphatic rings. The molecule has 0 saturated heterocycles. The van der Waals surface area contributed by atoms with Crippen molar-refractivity contribution in [3.05, 3.63) is 98.8 Å². The van der Waals surface area contributed by atoms with E-state index in [4.69, 9.17) is 16.1 Å². The first-order valence-corrected chi connectivity index (χ1v) is 12.2. The summed E-state index contributed by atoms with van der Waals surface area (Å²) in [6, 6.07) is 21.4. The van der Waals surface area contributed by atoms with Crippen LogP contribution < -0.4 is 10.6 Å². The molecule has 4 rings (SSSR count). The van der Waals surface area contributed by atoms with Crippen molar-refractivity contribution in [3.8, 4) is 11.4 Å². The average molecular weight is 481 g/mol. The van der Waals surface area contributed by atoms with Crippen LogP contribution in [0.5, 0.6) is 0 Å². The number of aromatic nitrogens is 2. The van der Waals surface area contributed by atoms with E-state index in [1.165, 1.54) is 5.56 Å². The van der Waals surface area contributed by atoms with Gasteiger partial charge in [0.1, 0.15) is 12.4 Å². The second-order valence-electron chi connectivity index (χ2n) is 7.66. The maximum atomic E-state index is 12.7. The second-order valence-corrected chi connectivity index (χ2v) is 9.19. The van der Waals surface area contributed by atoms with Crippen LogP contribution in [0, 0.1) is 0 Å². The molecule has 0 aliphatic carbocycles. The zero-order chi connectivity index (χ0) is 23.4. The molecular weight excluding hydrogens is 457 g/mol. The minimum atomic E-state index is -1.82. The van der Waals surface area contributed by atoms with Crippen LogP contribution in [0.1, 0.15) is 23.6 Å². The Morgan fingerprint density at radius 2 is 1.64 bits per heavy atom. The molecule has 1 N–H and O–H groups in total. The van der Waals surface area contributed by atoms with Crippen molar-refractivity contribution in [1.82, 2.24) is 14.6 Å². The monoisotopic (exact) mass is 480 g/mol. The third-order valence-electron chi connectivity index (χ3n) is 5.34. The molecule has 4 aromatic rings. The van der Waals surface area contributed by atoms with Gasteiger partial charge in [-0.3, -0.25) is 9.36 Å². The van der Waals surface area contributed by atoms with Gasteiger partial charge in [0, 0.05) is 17.6 Å². The van der Waals surface area contributed by atoms with Gasteiger partial charge in [0.2, 0.25) is 0 Å². The fourth-order valence-corrected chi connectivity index (χ4v) is 4.41. The number of nitrogens with zero attached hydrogens (tertiary/aromatic N) is 2. The van der Waals surface area contributed by atoms with Crippen molar-refractivity contribution < 1.29 is 9.09 Å². The lowest BCUT2D eigenvalue weighted by Gasteiger charge is -2.10. The molecule has 0 aliphatic heterocycles. The molecule has 1 atom stereocenters. The smallest absolute Gasteiger partial charge is 0.295 e. The molecule has 8 heteroatoms. The molecule has 168 valence electrons. The zero-order valence-corrected chi connectivity index (χ0v) is 20.1. The lowest BCUT2D eigenvalue weighted by Crippen LogP contribution is -2.20. The number of benzene rings is 3. The Bertz CT molecular complexity index is 1350. The van der Waals surface area contributed by atoms with Gasteiger partial charge in [-0.1, -0.05) is 65.2 Å². The van der Waals surface area contributed by atoms with E-state index in [0.29, 0.717) is 34.9 Å². The van der Waals surface area contributed by atoms with Crippen molar-refractivity contribution in [2.75, 3.05) is 6.61 Å². The van der Waals surface area contributed by atoms with Crippen molar-refractivity contribution >= 4 is 30.7 Å². The number of fused-ring (bicyclic) bond motifs is 1. The summed E-state index contributed by atoms with van der Waals surface area (Å²) in [6.45, 7) is 2.72. The van der Waals surface area contributed by atoms with Gasteiger partial charge in [0.15, 0.2) is 0 Å². The van der Waals surface area contributed by atoms with E-state index in [0.717, 1.165) is 23.1 Å². The van der Waals surface area contributed by atoms with Gasteiger partial charge in [0.25, 0.3) is 5.56 Å². The summed E-state index contributed by atoms with van der Waals surface area (Å²) in [7, 11) is -0.0937. The highest BCUT2D eigenvalue weighted by Gasteiger charge is 2.15. The highest BCUT2D eigenvalue weighted by molar-refractivity contribution is 7.36. The molecular formula is C25H24ClN3O3P+. The number of rotatable bonds is 8. The Kier molecular flexibility index (Phi) is 7.31. The molecule has 0 bridgehead atoms. The first-order valence-electron chi connectivity index (χ1n) is 10.6. The summed E-state index contributed by atoms with van der Waals surface area (Å²) < 4.78 is 18.1. The summed E-state index contributed by atoms with van der Waals surface area (Å²) in [5, 5.41) is 3.96. The Balaban J connectivity index is 1.48. The van der Waals surface area contributed by atoms with Crippen LogP contribution in [0.25, 0.3) is 22.3 Å². The molecule has 33 heavy (non-hydrogen) atoms. The summed E-state index contributed by atoms with van der Waals surface area (Å²) in [4.78, 5) is 17.4. The number of hydrogen-bond acceptors (Lipinski definition) is 4. The van der Waals surface area contributed by atoms with Crippen molar-refractivity contribution in [1.29, 1.82) is 0 Å². The van der Waals surface area contributed by atoms with E-state index >= 15 is 0 Å². The molecule has 1 unspecified atom stereocenters. The van der Waals surface area contributed by atoms with Crippen LogP contribution in [-0.2, 0) is 29.1 Å². The predicted molar refractivity (Wildman–Crippen MR) is 133 cm³/mol. The van der Waals surface area contributed by atoms with Crippen LogP contribution in [0.2, 0.25) is 5.02 Å². The highest BCUT2D eigenvalue weighted by atomic mass is 35.5. The summed E-state index contributed by atoms with van der Waals surface area (Å²) in [6.07, 6.45) is 0.779. The summed E-state index contributed by atoms with van der Waals surface area (Å²) >= 11 is 6.09. The molecule has 0 saturated carbocycles. The highest BCUT2D eigenvalue weighted by Crippen LogP contribution is 2.22. The van der Waals surface area contributed by atoms with E-state index in [-0.39, 0.29) is 5.56 Å². The first-order chi connectivity index (χ1) is 15.9. The van der Waals surface area contributed by atoms with Gasteiger partial charge in [-0.2, -0.15) is 0 Å². The quantitative estimate of drug-likeness (QED) is 0.331. The van der Waals surface area contributed by atoms with Crippen LogP contribution in [-0.4, -0.2) is 16.2 Å². The fourth-order valence-electron chi connectivity index (χ4n) is 3.60. The third-order valence-corrected chi connectivity index (χ3v) is 6.48. The Morgan fingerprint density at radius 1 is 1.00 bits per heavy atom. The van der Waals surface area contributed by atoms with Crippen LogP contribution in [0.3, 0.4) is 0 Å². The molecule has 6 nitrogen and oxygen atoms in total. The largest absolute Gasteiger partial charge is 0.613 e. The van der Waals surface area contributed by atoms with Crippen LogP contribution in [0.4, 0.5) is 0 Å². The molecule has 0 radical (unpaired) electrons. The zero-order valence-electron chi connectivity index (χ0n) is 18.4. The Labute approximate surface area is 198 Å². The van der Waals surface area contributed by atoms with E-state index in [2.05, 4.69) is 22.2 Å². The van der Waals surface area contributed by atoms with Crippen molar-refractivity contribution in [3.63, 3.8) is 0 Å². The minimum Gasteiger partial charge on any atom is -0.295 e. The molecule has 1 heterocycles. The molecule has 1 aromatic heterocycles. The topological polar surface area (TPSA) is 73.2 Å². The molecule has 0 amide bonds. The molecule has 3 aromatic carbocycles. The van der Waals surface area contributed by atoms with E-state index < -0.39 is 8.18 Å². The third kappa shape index (κ3) is 5.55. The minimum absolute atomic E-state index is 0.101. The van der Waals surface area contributed by atoms with Gasteiger partial charge in [-0.25, -0.2) is 4.98 Å². The van der Waals surface area contributed by atoms with Gasteiger partial charge in [-0.15, -0.1) is 4.52 Å². The van der Waals surface area contributed by atoms with E-state index in [9.17, 15) is 9.36 Å². The normalized spacial score (nSPS) is 11.7. The van der Waals surface area contributed by atoms with E-state index in [1.807, 2.05) is 43.3 Å². The van der Waals surface area contributed by atoms with Gasteiger partial charge >= 0.3 is 8.18 Å². The molecule has 0 fully saturated rings.